The molecule has 1 amide bonds. The van der Waals surface area contributed by atoms with Crippen molar-refractivity contribution >= 4 is 5.91 Å². The quantitative estimate of drug-likeness (QED) is 0.924. The molecular formula is C18H19N3O2. The predicted octanol–water partition coefficient (Wildman–Crippen LogP) is 2.20. The lowest BCUT2D eigenvalue weighted by molar-refractivity contribution is -0.0396. The van der Waals surface area contributed by atoms with Crippen LogP contribution in [0.4, 0.5) is 0 Å². The number of fused-ring (bicyclic) bond motifs is 1. The number of hydrogen-bond donors (Lipinski definition) is 1. The predicted molar refractivity (Wildman–Crippen MR) is 86.0 cm³/mol. The first kappa shape index (κ1) is 14.2. The molecule has 1 atom stereocenters. The molecule has 1 N–H and O–H groups in total. The van der Waals surface area contributed by atoms with Crippen LogP contribution in [0.1, 0.15) is 28.9 Å². The minimum Gasteiger partial charge on any atom is -0.466 e. The van der Waals surface area contributed by atoms with Gasteiger partial charge in [0.15, 0.2) is 5.72 Å². The van der Waals surface area contributed by atoms with Gasteiger partial charge in [0.25, 0.3) is 5.91 Å². The van der Waals surface area contributed by atoms with Crippen molar-refractivity contribution in [2.75, 3.05) is 13.1 Å². The van der Waals surface area contributed by atoms with E-state index >= 15 is 0 Å². The standard InChI is InChI=1S/C18H19N3O2/c22-17-15-7-1-2-8-16(15)23-18(20-17)9-5-11-21(13-18)12-14-6-3-4-10-19-14/h1-4,6-8,10H,5,9,11-13H2,(H,20,22). The van der Waals surface area contributed by atoms with E-state index in [0.29, 0.717) is 17.9 Å². The molecule has 1 spiro atoms. The molecule has 118 valence electrons. The van der Waals surface area contributed by atoms with Crippen LogP contribution >= 0.6 is 0 Å². The van der Waals surface area contributed by atoms with Crippen molar-refractivity contribution in [2.45, 2.75) is 25.1 Å². The molecule has 1 aromatic heterocycles. The largest absolute Gasteiger partial charge is 0.466 e. The van der Waals surface area contributed by atoms with Crippen LogP contribution < -0.4 is 10.1 Å². The zero-order valence-electron chi connectivity index (χ0n) is 12.9. The number of piperidine rings is 1. The summed E-state index contributed by atoms with van der Waals surface area (Å²) in [5.74, 6) is 0.627. The highest BCUT2D eigenvalue weighted by atomic mass is 16.5. The molecular weight excluding hydrogens is 290 g/mol. The lowest BCUT2D eigenvalue weighted by Gasteiger charge is -2.45. The molecule has 23 heavy (non-hydrogen) atoms. The molecule has 2 aliphatic rings. The Morgan fingerprint density at radius 2 is 2.09 bits per heavy atom. The number of para-hydroxylation sites is 1. The molecule has 2 aliphatic heterocycles. The number of nitrogens with zero attached hydrogens (tertiary/aromatic N) is 2. The summed E-state index contributed by atoms with van der Waals surface area (Å²) in [5, 5.41) is 3.08. The molecule has 1 fully saturated rings. The van der Waals surface area contributed by atoms with E-state index in [4.69, 9.17) is 4.74 Å². The minimum atomic E-state index is -0.627. The SMILES string of the molecule is O=C1NC2(CCCN(Cc3ccccn3)C2)Oc2ccccc21. The zero-order valence-corrected chi connectivity index (χ0v) is 12.9. The van der Waals surface area contributed by atoms with Crippen molar-refractivity contribution in [3.8, 4) is 5.75 Å². The molecule has 1 aromatic carbocycles. The van der Waals surface area contributed by atoms with E-state index in [1.807, 2.05) is 42.6 Å². The van der Waals surface area contributed by atoms with Gasteiger partial charge in [-0.25, -0.2) is 0 Å². The number of rotatable bonds is 2. The third kappa shape index (κ3) is 2.80. The molecule has 0 saturated carbocycles. The van der Waals surface area contributed by atoms with Crippen LogP contribution in [0, 0.1) is 0 Å². The maximum atomic E-state index is 12.4. The van der Waals surface area contributed by atoms with Gasteiger partial charge in [0, 0.05) is 19.2 Å². The number of pyridine rings is 1. The van der Waals surface area contributed by atoms with Gasteiger partial charge in [-0.2, -0.15) is 0 Å². The van der Waals surface area contributed by atoms with Crippen molar-refractivity contribution in [1.82, 2.24) is 15.2 Å². The number of ether oxygens (including phenoxy) is 1. The van der Waals surface area contributed by atoms with E-state index in [0.717, 1.165) is 31.6 Å². The van der Waals surface area contributed by atoms with E-state index in [2.05, 4.69) is 15.2 Å². The summed E-state index contributed by atoms with van der Waals surface area (Å²) in [5.41, 5.74) is 1.02. The smallest absolute Gasteiger partial charge is 0.258 e. The molecule has 1 saturated heterocycles. The van der Waals surface area contributed by atoms with Gasteiger partial charge in [-0.05, 0) is 37.2 Å². The van der Waals surface area contributed by atoms with Crippen molar-refractivity contribution in [3.05, 3.63) is 59.9 Å². The summed E-state index contributed by atoms with van der Waals surface area (Å²) in [4.78, 5) is 19.1. The summed E-state index contributed by atoms with van der Waals surface area (Å²) in [7, 11) is 0. The van der Waals surface area contributed by atoms with Gasteiger partial charge in [-0.3, -0.25) is 14.7 Å². The summed E-state index contributed by atoms with van der Waals surface area (Å²) in [6.45, 7) is 2.42. The molecule has 0 bridgehead atoms. The van der Waals surface area contributed by atoms with Crippen molar-refractivity contribution in [3.63, 3.8) is 0 Å². The van der Waals surface area contributed by atoms with Crippen LogP contribution in [0.2, 0.25) is 0 Å². The second-order valence-corrected chi connectivity index (χ2v) is 6.18. The second-order valence-electron chi connectivity index (χ2n) is 6.18. The monoisotopic (exact) mass is 309 g/mol. The highest BCUT2D eigenvalue weighted by Crippen LogP contribution is 2.32. The number of hydrogen-bond acceptors (Lipinski definition) is 4. The molecule has 1 unspecified atom stereocenters. The Morgan fingerprint density at radius 3 is 2.96 bits per heavy atom. The number of benzene rings is 1. The average molecular weight is 309 g/mol. The lowest BCUT2D eigenvalue weighted by atomic mass is 9.98. The summed E-state index contributed by atoms with van der Waals surface area (Å²) < 4.78 is 6.20. The van der Waals surface area contributed by atoms with Gasteiger partial charge >= 0.3 is 0 Å². The molecule has 0 radical (unpaired) electrons. The molecule has 0 aliphatic carbocycles. The normalized spacial score (nSPS) is 23.9. The number of carbonyl (C=O) groups excluding carboxylic acids is 1. The topological polar surface area (TPSA) is 54.5 Å². The Balaban J connectivity index is 1.54. The number of carbonyl (C=O) groups is 1. The van der Waals surface area contributed by atoms with E-state index in [1.165, 1.54) is 0 Å². The Labute approximate surface area is 135 Å². The van der Waals surface area contributed by atoms with Gasteiger partial charge in [0.05, 0.1) is 17.8 Å². The van der Waals surface area contributed by atoms with Crippen LogP contribution in [-0.2, 0) is 6.54 Å². The first-order chi connectivity index (χ1) is 11.2. The Bertz CT molecular complexity index is 719. The highest BCUT2D eigenvalue weighted by Gasteiger charge is 2.43. The van der Waals surface area contributed by atoms with Gasteiger partial charge < -0.3 is 10.1 Å². The van der Waals surface area contributed by atoms with Gasteiger partial charge in [-0.1, -0.05) is 18.2 Å². The first-order valence-corrected chi connectivity index (χ1v) is 7.97. The Kier molecular flexibility index (Phi) is 3.50. The van der Waals surface area contributed by atoms with Crippen LogP contribution in [0.5, 0.6) is 5.75 Å². The zero-order chi connectivity index (χ0) is 15.7. The van der Waals surface area contributed by atoms with Crippen LogP contribution in [-0.4, -0.2) is 34.6 Å². The molecule has 5 heteroatoms. The van der Waals surface area contributed by atoms with Gasteiger partial charge in [0.2, 0.25) is 0 Å². The third-order valence-electron chi connectivity index (χ3n) is 4.42. The third-order valence-corrected chi connectivity index (χ3v) is 4.42. The molecule has 5 nitrogen and oxygen atoms in total. The maximum absolute atomic E-state index is 12.4. The summed E-state index contributed by atoms with van der Waals surface area (Å²) in [6, 6.07) is 13.4. The van der Waals surface area contributed by atoms with Crippen LogP contribution in [0.3, 0.4) is 0 Å². The van der Waals surface area contributed by atoms with Crippen molar-refractivity contribution < 1.29 is 9.53 Å². The van der Waals surface area contributed by atoms with E-state index in [1.54, 1.807) is 6.07 Å². The molecule has 3 heterocycles. The lowest BCUT2D eigenvalue weighted by Crippen LogP contribution is -2.63. The molecule has 4 rings (SSSR count). The summed E-state index contributed by atoms with van der Waals surface area (Å²) >= 11 is 0. The van der Waals surface area contributed by atoms with Crippen LogP contribution in [0.15, 0.2) is 48.7 Å². The van der Waals surface area contributed by atoms with E-state index < -0.39 is 5.72 Å². The minimum absolute atomic E-state index is 0.0495. The Hall–Kier alpha value is -2.40. The number of aromatic nitrogens is 1. The first-order valence-electron chi connectivity index (χ1n) is 7.97. The summed E-state index contributed by atoms with van der Waals surface area (Å²) in [6.07, 6.45) is 3.62. The maximum Gasteiger partial charge on any atom is 0.258 e. The fraction of sp³-hybridized carbons (Fsp3) is 0.333. The van der Waals surface area contributed by atoms with Gasteiger partial charge in [-0.15, -0.1) is 0 Å². The molecule has 2 aromatic rings. The average Bonchev–Trinajstić information content (AvgIpc) is 2.56. The van der Waals surface area contributed by atoms with Crippen molar-refractivity contribution in [2.24, 2.45) is 0 Å². The van der Waals surface area contributed by atoms with E-state index in [-0.39, 0.29) is 5.91 Å². The Morgan fingerprint density at radius 1 is 1.22 bits per heavy atom. The fourth-order valence-electron chi connectivity index (χ4n) is 3.40. The van der Waals surface area contributed by atoms with Crippen LogP contribution in [0.25, 0.3) is 0 Å². The second kappa shape index (κ2) is 5.66. The number of amides is 1. The number of nitrogens with one attached hydrogen (secondary N) is 1. The highest BCUT2D eigenvalue weighted by molar-refractivity contribution is 5.98. The fourth-order valence-corrected chi connectivity index (χ4v) is 3.40. The van der Waals surface area contributed by atoms with E-state index in [9.17, 15) is 4.79 Å². The van der Waals surface area contributed by atoms with Gasteiger partial charge in [0.1, 0.15) is 5.75 Å². The van der Waals surface area contributed by atoms with Crippen molar-refractivity contribution in [1.29, 1.82) is 0 Å². The number of likely N-dealkylation sites (tertiary alicyclic amines) is 1.